The maximum atomic E-state index is 4.53. The number of nitrogens with one attached hydrogen (secondary N) is 1. The summed E-state index contributed by atoms with van der Waals surface area (Å²) in [4.78, 5) is 12.2. The Morgan fingerprint density at radius 1 is 1.37 bits per heavy atom. The number of aromatic nitrogens is 2. The molecule has 1 unspecified atom stereocenters. The normalized spacial score (nSPS) is 17.9. The number of anilines is 2. The molecule has 100 valence electrons. The maximum Gasteiger partial charge on any atom is 0.226 e. The van der Waals surface area contributed by atoms with Crippen molar-refractivity contribution in [3.63, 3.8) is 0 Å². The minimum atomic E-state index is 0.389. The van der Waals surface area contributed by atoms with Gasteiger partial charge in [-0.3, -0.25) is 0 Å². The van der Waals surface area contributed by atoms with Crippen molar-refractivity contribution in [1.29, 1.82) is 0 Å². The molecular formula is C14H18N4S. The third kappa shape index (κ3) is 2.56. The van der Waals surface area contributed by atoms with Crippen molar-refractivity contribution in [3.05, 3.63) is 34.2 Å². The molecule has 3 rings (SSSR count). The molecular weight excluding hydrogens is 256 g/mol. The van der Waals surface area contributed by atoms with Crippen LogP contribution in [0.4, 0.5) is 11.8 Å². The summed E-state index contributed by atoms with van der Waals surface area (Å²) in [6, 6.07) is 4.57. The van der Waals surface area contributed by atoms with Crippen molar-refractivity contribution in [2.75, 3.05) is 24.3 Å². The van der Waals surface area contributed by atoms with Gasteiger partial charge in [-0.2, -0.15) is 4.98 Å². The molecule has 2 heterocycles. The lowest BCUT2D eigenvalue weighted by molar-refractivity contribution is 0.607. The van der Waals surface area contributed by atoms with Crippen LogP contribution in [-0.2, 0) is 6.42 Å². The first-order valence-corrected chi connectivity index (χ1v) is 7.45. The van der Waals surface area contributed by atoms with Crippen molar-refractivity contribution in [2.24, 2.45) is 0 Å². The van der Waals surface area contributed by atoms with Crippen LogP contribution in [0.25, 0.3) is 0 Å². The highest BCUT2D eigenvalue weighted by Gasteiger charge is 2.21. The Kier molecular flexibility index (Phi) is 3.38. The number of hydrogen-bond acceptors (Lipinski definition) is 5. The van der Waals surface area contributed by atoms with E-state index in [2.05, 4.69) is 26.7 Å². The smallest absolute Gasteiger partial charge is 0.226 e. The molecule has 5 heteroatoms. The molecule has 0 saturated heterocycles. The molecule has 0 fully saturated rings. The monoisotopic (exact) mass is 274 g/mol. The van der Waals surface area contributed by atoms with E-state index in [9.17, 15) is 0 Å². The summed E-state index contributed by atoms with van der Waals surface area (Å²) in [5, 5.41) is 5.74. The summed E-state index contributed by atoms with van der Waals surface area (Å²) in [6.45, 7) is 0. The van der Waals surface area contributed by atoms with E-state index in [1.807, 2.05) is 42.6 Å². The second-order valence-corrected chi connectivity index (χ2v) is 6.03. The number of thiophene rings is 1. The van der Waals surface area contributed by atoms with E-state index in [1.165, 1.54) is 29.7 Å². The van der Waals surface area contributed by atoms with E-state index in [1.54, 1.807) is 0 Å². The molecule has 4 nitrogen and oxygen atoms in total. The first kappa shape index (κ1) is 12.4. The third-order valence-corrected chi connectivity index (χ3v) is 4.41. The van der Waals surface area contributed by atoms with Crippen LogP contribution in [0.3, 0.4) is 0 Å². The number of fused-ring (bicyclic) bond motifs is 1. The molecule has 0 aliphatic heterocycles. The minimum Gasteiger partial charge on any atom is -0.363 e. The van der Waals surface area contributed by atoms with Crippen LogP contribution < -0.4 is 10.2 Å². The summed E-state index contributed by atoms with van der Waals surface area (Å²) < 4.78 is 0. The topological polar surface area (TPSA) is 41.1 Å². The lowest BCUT2D eigenvalue weighted by Gasteiger charge is -2.24. The summed E-state index contributed by atoms with van der Waals surface area (Å²) >= 11 is 1.87. The van der Waals surface area contributed by atoms with Crippen LogP contribution in [0.2, 0.25) is 0 Å². The third-order valence-electron chi connectivity index (χ3n) is 3.42. The van der Waals surface area contributed by atoms with Crippen LogP contribution in [0.5, 0.6) is 0 Å². The Balaban J connectivity index is 1.81. The number of nitrogens with zero attached hydrogens (tertiary/aromatic N) is 3. The first-order valence-electron chi connectivity index (χ1n) is 6.57. The average Bonchev–Trinajstić information content (AvgIpc) is 2.88. The highest BCUT2D eigenvalue weighted by molar-refractivity contribution is 7.10. The van der Waals surface area contributed by atoms with Gasteiger partial charge in [-0.25, -0.2) is 4.98 Å². The van der Waals surface area contributed by atoms with Crippen molar-refractivity contribution in [1.82, 2.24) is 9.97 Å². The van der Waals surface area contributed by atoms with Gasteiger partial charge in [-0.1, -0.05) is 0 Å². The van der Waals surface area contributed by atoms with Gasteiger partial charge in [-0.15, -0.1) is 11.3 Å². The first-order chi connectivity index (χ1) is 9.24. The standard InChI is InChI=1S/C14H18N4S/c1-18(2)14-15-8-6-13(17-14)16-11-4-3-5-12-10(11)7-9-19-12/h6-9,11H,3-5H2,1-2H3,(H,15,16,17). The zero-order chi connectivity index (χ0) is 13.2. The molecule has 1 N–H and O–H groups in total. The molecule has 0 amide bonds. The SMILES string of the molecule is CN(C)c1nccc(NC2CCCc3sccc32)n1. The molecule has 0 radical (unpaired) electrons. The van der Waals surface area contributed by atoms with E-state index in [0.717, 1.165) is 11.8 Å². The molecule has 2 aromatic heterocycles. The van der Waals surface area contributed by atoms with Crippen LogP contribution in [0.1, 0.15) is 29.3 Å². The Hall–Kier alpha value is -1.62. The highest BCUT2D eigenvalue weighted by Crippen LogP contribution is 2.35. The molecule has 0 aromatic carbocycles. The zero-order valence-corrected chi connectivity index (χ0v) is 12.1. The molecule has 0 saturated carbocycles. The quantitative estimate of drug-likeness (QED) is 0.934. The van der Waals surface area contributed by atoms with Crippen LogP contribution in [-0.4, -0.2) is 24.1 Å². The second-order valence-electron chi connectivity index (χ2n) is 5.02. The van der Waals surface area contributed by atoms with Crippen LogP contribution in [0.15, 0.2) is 23.7 Å². The van der Waals surface area contributed by atoms with E-state index >= 15 is 0 Å². The van der Waals surface area contributed by atoms with Gasteiger partial charge in [0.2, 0.25) is 5.95 Å². The van der Waals surface area contributed by atoms with E-state index in [0.29, 0.717) is 6.04 Å². The molecule has 0 bridgehead atoms. The van der Waals surface area contributed by atoms with Crippen LogP contribution >= 0.6 is 11.3 Å². The fraction of sp³-hybridized carbons (Fsp3) is 0.429. The number of rotatable bonds is 3. The Morgan fingerprint density at radius 3 is 3.11 bits per heavy atom. The lowest BCUT2D eigenvalue weighted by Crippen LogP contribution is -2.18. The maximum absolute atomic E-state index is 4.53. The van der Waals surface area contributed by atoms with Gasteiger partial charge < -0.3 is 10.2 Å². The number of hydrogen-bond donors (Lipinski definition) is 1. The Bertz CT molecular complexity index is 564. The number of aryl methyl sites for hydroxylation is 1. The molecule has 1 atom stereocenters. The summed E-state index contributed by atoms with van der Waals surface area (Å²) in [5.74, 6) is 1.65. The Labute approximate surface area is 117 Å². The summed E-state index contributed by atoms with van der Waals surface area (Å²) in [6.07, 6.45) is 5.45. The highest BCUT2D eigenvalue weighted by atomic mass is 32.1. The predicted molar refractivity (Wildman–Crippen MR) is 80.0 cm³/mol. The lowest BCUT2D eigenvalue weighted by atomic mass is 9.94. The second kappa shape index (κ2) is 5.17. The van der Waals surface area contributed by atoms with Gasteiger partial charge in [-0.05, 0) is 42.3 Å². The van der Waals surface area contributed by atoms with Gasteiger partial charge in [0.15, 0.2) is 0 Å². The van der Waals surface area contributed by atoms with Gasteiger partial charge >= 0.3 is 0 Å². The van der Waals surface area contributed by atoms with Gasteiger partial charge in [0, 0.05) is 25.2 Å². The summed E-state index contributed by atoms with van der Waals surface area (Å²) in [5.41, 5.74) is 1.45. The molecule has 0 spiro atoms. The van der Waals surface area contributed by atoms with Crippen molar-refractivity contribution >= 4 is 23.1 Å². The predicted octanol–water partition coefficient (Wildman–Crippen LogP) is 3.09. The fourth-order valence-electron chi connectivity index (χ4n) is 2.46. The Morgan fingerprint density at radius 2 is 2.26 bits per heavy atom. The van der Waals surface area contributed by atoms with Crippen molar-refractivity contribution in [3.8, 4) is 0 Å². The van der Waals surface area contributed by atoms with Gasteiger partial charge in [0.05, 0.1) is 6.04 Å². The zero-order valence-electron chi connectivity index (χ0n) is 11.3. The van der Waals surface area contributed by atoms with E-state index < -0.39 is 0 Å². The van der Waals surface area contributed by atoms with Gasteiger partial charge in [0.1, 0.15) is 5.82 Å². The molecule has 19 heavy (non-hydrogen) atoms. The van der Waals surface area contributed by atoms with Crippen LogP contribution in [0, 0.1) is 0 Å². The fourth-order valence-corrected chi connectivity index (χ4v) is 3.45. The van der Waals surface area contributed by atoms with Crippen molar-refractivity contribution < 1.29 is 0 Å². The van der Waals surface area contributed by atoms with E-state index in [-0.39, 0.29) is 0 Å². The summed E-state index contributed by atoms with van der Waals surface area (Å²) in [7, 11) is 3.91. The minimum absolute atomic E-state index is 0.389. The molecule has 2 aromatic rings. The molecule has 1 aliphatic carbocycles. The molecule has 1 aliphatic rings. The largest absolute Gasteiger partial charge is 0.363 e. The average molecular weight is 274 g/mol. The van der Waals surface area contributed by atoms with Gasteiger partial charge in [0.25, 0.3) is 0 Å². The van der Waals surface area contributed by atoms with Crippen molar-refractivity contribution in [2.45, 2.75) is 25.3 Å². The van der Waals surface area contributed by atoms with E-state index in [4.69, 9.17) is 0 Å².